The molecule has 1 amide bonds. The fourth-order valence-corrected chi connectivity index (χ4v) is 4.13. The van der Waals surface area contributed by atoms with E-state index in [4.69, 9.17) is 4.74 Å². The molecular weight excluding hydrogens is 428 g/mol. The zero-order valence-electron chi connectivity index (χ0n) is 17.2. The maximum atomic E-state index is 12.3. The van der Waals surface area contributed by atoms with Crippen LogP contribution in [0.15, 0.2) is 46.9 Å². The van der Waals surface area contributed by atoms with Gasteiger partial charge in [-0.2, -0.15) is 0 Å². The number of nitrogens with one attached hydrogen (secondary N) is 2. The Morgan fingerprint density at radius 2 is 1.72 bits per heavy atom. The molecule has 0 atom stereocenters. The molecule has 0 saturated heterocycles. The maximum absolute atomic E-state index is 12.3. The summed E-state index contributed by atoms with van der Waals surface area (Å²) in [4.78, 5) is 12.3. The molecule has 1 saturated carbocycles. The molecule has 0 unspecified atom stereocenters. The summed E-state index contributed by atoms with van der Waals surface area (Å²) in [5.74, 6) is 0.598. The molecule has 4 nitrogen and oxygen atoms in total. The summed E-state index contributed by atoms with van der Waals surface area (Å²) in [5, 5.41) is 6.58. The first kappa shape index (κ1) is 21.8. The molecule has 1 fully saturated rings. The van der Waals surface area contributed by atoms with Gasteiger partial charge in [-0.3, -0.25) is 4.79 Å². The van der Waals surface area contributed by atoms with Gasteiger partial charge in [0.1, 0.15) is 5.75 Å². The highest BCUT2D eigenvalue weighted by atomic mass is 79.9. The van der Waals surface area contributed by atoms with E-state index < -0.39 is 0 Å². The number of carbonyl (C=O) groups is 1. The summed E-state index contributed by atoms with van der Waals surface area (Å²) in [6.45, 7) is 2.76. The van der Waals surface area contributed by atoms with Crippen LogP contribution in [0.5, 0.6) is 5.75 Å². The Labute approximate surface area is 182 Å². The van der Waals surface area contributed by atoms with Crippen LogP contribution in [0.1, 0.15) is 56.1 Å². The van der Waals surface area contributed by atoms with Crippen LogP contribution in [0.25, 0.3) is 0 Å². The van der Waals surface area contributed by atoms with Crippen molar-refractivity contribution in [1.82, 2.24) is 5.32 Å². The first-order valence-electron chi connectivity index (χ1n) is 10.6. The Kier molecular flexibility index (Phi) is 8.56. The van der Waals surface area contributed by atoms with Gasteiger partial charge >= 0.3 is 0 Å². The Morgan fingerprint density at radius 3 is 2.45 bits per heavy atom. The maximum Gasteiger partial charge on any atom is 0.262 e. The third-order valence-corrected chi connectivity index (χ3v) is 5.90. The van der Waals surface area contributed by atoms with Crippen molar-refractivity contribution in [2.45, 2.75) is 64.5 Å². The molecule has 2 N–H and O–H groups in total. The lowest BCUT2D eigenvalue weighted by molar-refractivity contribution is -0.118. The van der Waals surface area contributed by atoms with Crippen LogP contribution in [0, 0.1) is 6.92 Å². The number of hydrogen-bond donors (Lipinski definition) is 2. The van der Waals surface area contributed by atoms with Gasteiger partial charge in [0, 0.05) is 28.3 Å². The molecule has 5 heteroatoms. The van der Waals surface area contributed by atoms with Crippen molar-refractivity contribution in [1.29, 1.82) is 0 Å². The first-order valence-corrected chi connectivity index (χ1v) is 11.4. The van der Waals surface area contributed by atoms with E-state index in [9.17, 15) is 4.79 Å². The number of rotatable bonds is 7. The molecule has 1 aliphatic carbocycles. The Hall–Kier alpha value is -1.85. The van der Waals surface area contributed by atoms with E-state index in [1.54, 1.807) is 0 Å². The molecule has 0 aliphatic heterocycles. The van der Waals surface area contributed by atoms with E-state index >= 15 is 0 Å². The average molecular weight is 459 g/mol. The summed E-state index contributed by atoms with van der Waals surface area (Å²) in [7, 11) is 0. The lowest BCUT2D eigenvalue weighted by Gasteiger charge is -2.22. The molecule has 0 radical (unpaired) electrons. The summed E-state index contributed by atoms with van der Waals surface area (Å²) < 4.78 is 6.88. The van der Waals surface area contributed by atoms with Crippen molar-refractivity contribution < 1.29 is 9.53 Å². The molecular formula is C24H31BrN2O2. The van der Waals surface area contributed by atoms with E-state index in [0.29, 0.717) is 6.04 Å². The van der Waals surface area contributed by atoms with Gasteiger partial charge in [-0.15, -0.1) is 0 Å². The van der Waals surface area contributed by atoms with Crippen molar-refractivity contribution in [2.24, 2.45) is 0 Å². The van der Waals surface area contributed by atoms with Crippen LogP contribution < -0.4 is 15.4 Å². The summed E-state index contributed by atoms with van der Waals surface area (Å²) in [6.07, 6.45) is 9.16. The normalized spacial score (nSPS) is 15.4. The van der Waals surface area contributed by atoms with E-state index in [0.717, 1.165) is 33.6 Å². The fourth-order valence-electron chi connectivity index (χ4n) is 3.72. The van der Waals surface area contributed by atoms with E-state index in [1.807, 2.05) is 43.3 Å². The second-order valence-corrected chi connectivity index (χ2v) is 8.79. The smallest absolute Gasteiger partial charge is 0.262 e. The van der Waals surface area contributed by atoms with Crippen molar-refractivity contribution >= 4 is 27.5 Å². The van der Waals surface area contributed by atoms with Gasteiger partial charge in [0.05, 0.1) is 0 Å². The molecule has 2 aromatic carbocycles. The highest BCUT2D eigenvalue weighted by Crippen LogP contribution is 2.24. The predicted molar refractivity (Wildman–Crippen MR) is 122 cm³/mol. The highest BCUT2D eigenvalue weighted by Gasteiger charge is 2.13. The van der Waals surface area contributed by atoms with Gasteiger partial charge < -0.3 is 15.4 Å². The van der Waals surface area contributed by atoms with Crippen LogP contribution in [0.3, 0.4) is 0 Å². The number of amides is 1. The summed E-state index contributed by atoms with van der Waals surface area (Å²) in [5.41, 5.74) is 3.02. The van der Waals surface area contributed by atoms with E-state index in [2.05, 4.69) is 32.6 Å². The highest BCUT2D eigenvalue weighted by molar-refractivity contribution is 9.10. The monoisotopic (exact) mass is 458 g/mol. The van der Waals surface area contributed by atoms with Crippen molar-refractivity contribution in [3.05, 3.63) is 58.1 Å². The van der Waals surface area contributed by atoms with Gasteiger partial charge in [-0.25, -0.2) is 0 Å². The minimum atomic E-state index is -0.157. The molecule has 0 aromatic heterocycles. The SMILES string of the molecule is Cc1ccc(NC(=O)COc2ccc(Br)cc2CNC2CCCCCCC2)cc1. The number of aryl methyl sites for hydroxylation is 1. The van der Waals surface area contributed by atoms with Crippen LogP contribution in [-0.4, -0.2) is 18.6 Å². The quantitative estimate of drug-likeness (QED) is 0.536. The number of ether oxygens (including phenoxy) is 1. The van der Waals surface area contributed by atoms with Gasteiger partial charge in [0.15, 0.2) is 6.61 Å². The van der Waals surface area contributed by atoms with Crippen molar-refractivity contribution in [3.8, 4) is 5.75 Å². The standard InChI is InChI=1S/C24H31BrN2O2/c1-18-9-12-22(13-10-18)27-24(28)17-29-23-14-11-20(25)15-19(23)16-26-21-7-5-3-2-4-6-8-21/h9-15,21,26H,2-8,16-17H2,1H3,(H,27,28). The molecule has 0 spiro atoms. The molecule has 156 valence electrons. The Balaban J connectivity index is 1.54. The molecule has 3 rings (SSSR count). The Morgan fingerprint density at radius 1 is 1.03 bits per heavy atom. The van der Waals surface area contributed by atoms with Crippen LogP contribution in [0.2, 0.25) is 0 Å². The third-order valence-electron chi connectivity index (χ3n) is 5.40. The van der Waals surface area contributed by atoms with Gasteiger partial charge in [-0.05, 0) is 50.1 Å². The molecule has 29 heavy (non-hydrogen) atoms. The third kappa shape index (κ3) is 7.48. The molecule has 0 bridgehead atoms. The second kappa shape index (κ2) is 11.4. The second-order valence-electron chi connectivity index (χ2n) is 7.88. The number of benzene rings is 2. The molecule has 1 aliphatic rings. The lowest BCUT2D eigenvalue weighted by atomic mass is 9.96. The molecule has 0 heterocycles. The fraction of sp³-hybridized carbons (Fsp3) is 0.458. The topological polar surface area (TPSA) is 50.4 Å². The van der Waals surface area contributed by atoms with Crippen LogP contribution in [0.4, 0.5) is 5.69 Å². The Bertz CT molecular complexity index is 784. The number of carbonyl (C=O) groups excluding carboxylic acids is 1. The minimum Gasteiger partial charge on any atom is -0.483 e. The van der Waals surface area contributed by atoms with Crippen LogP contribution >= 0.6 is 15.9 Å². The summed E-state index contributed by atoms with van der Waals surface area (Å²) >= 11 is 3.55. The van der Waals surface area contributed by atoms with Crippen LogP contribution in [-0.2, 0) is 11.3 Å². The van der Waals surface area contributed by atoms with Crippen molar-refractivity contribution in [3.63, 3.8) is 0 Å². The minimum absolute atomic E-state index is 0.00800. The lowest BCUT2D eigenvalue weighted by Crippen LogP contribution is -2.29. The first-order chi connectivity index (χ1) is 14.1. The zero-order valence-corrected chi connectivity index (χ0v) is 18.8. The van der Waals surface area contributed by atoms with E-state index in [-0.39, 0.29) is 12.5 Å². The number of halogens is 1. The largest absolute Gasteiger partial charge is 0.483 e. The zero-order chi connectivity index (χ0) is 20.5. The number of anilines is 1. The van der Waals surface area contributed by atoms with Gasteiger partial charge in [0.2, 0.25) is 0 Å². The van der Waals surface area contributed by atoms with Gasteiger partial charge in [0.25, 0.3) is 5.91 Å². The number of hydrogen-bond acceptors (Lipinski definition) is 3. The predicted octanol–water partition coefficient (Wildman–Crippen LogP) is 5.98. The van der Waals surface area contributed by atoms with Gasteiger partial charge in [-0.1, -0.05) is 65.7 Å². The average Bonchev–Trinajstić information content (AvgIpc) is 2.68. The van der Waals surface area contributed by atoms with Crippen molar-refractivity contribution in [2.75, 3.05) is 11.9 Å². The molecule has 2 aromatic rings. The van der Waals surface area contributed by atoms with E-state index in [1.165, 1.54) is 44.9 Å². The summed E-state index contributed by atoms with van der Waals surface area (Å²) in [6, 6.07) is 14.3.